The fourth-order valence-electron chi connectivity index (χ4n) is 11.8. The van der Waals surface area contributed by atoms with Crippen molar-refractivity contribution in [2.24, 2.45) is 62.6 Å². The van der Waals surface area contributed by atoms with E-state index in [1.807, 2.05) is 6.92 Å². The Morgan fingerprint density at radius 3 is 2.21 bits per heavy atom. The molecule has 11 atom stereocenters. The summed E-state index contributed by atoms with van der Waals surface area (Å²) in [4.78, 5) is 12.1. The molecule has 0 spiro atoms. The highest BCUT2D eigenvalue weighted by molar-refractivity contribution is 5.70. The molecule has 0 heterocycles. The molecule has 0 saturated heterocycles. The Labute approximate surface area is 207 Å². The molecule has 194 valence electrons. The van der Waals surface area contributed by atoms with Crippen LogP contribution in [-0.4, -0.2) is 34.0 Å². The summed E-state index contributed by atoms with van der Waals surface area (Å²) in [6.45, 7) is 14.5. The number of hydrogen-bond acceptors (Lipinski definition) is 3. The van der Waals surface area contributed by atoms with Crippen LogP contribution in [0.5, 0.6) is 0 Å². The lowest BCUT2D eigenvalue weighted by Crippen LogP contribution is -2.67. The van der Waals surface area contributed by atoms with Gasteiger partial charge in [0.1, 0.15) is 0 Å². The number of hydrogen-bond donors (Lipinski definition) is 3. The number of fused-ring (bicyclic) bond motifs is 7. The van der Waals surface area contributed by atoms with Crippen LogP contribution < -0.4 is 0 Å². The Morgan fingerprint density at radius 1 is 0.853 bits per heavy atom. The molecule has 0 radical (unpaired) electrons. The Balaban J connectivity index is 1.54. The van der Waals surface area contributed by atoms with Gasteiger partial charge in [-0.2, -0.15) is 0 Å². The van der Waals surface area contributed by atoms with E-state index in [0.717, 1.165) is 32.1 Å². The molecule has 3 N–H and O–H groups in total. The van der Waals surface area contributed by atoms with E-state index in [2.05, 4.69) is 34.6 Å². The molecule has 34 heavy (non-hydrogen) atoms. The van der Waals surface area contributed by atoms with E-state index < -0.39 is 5.97 Å². The van der Waals surface area contributed by atoms with Gasteiger partial charge < -0.3 is 15.3 Å². The molecule has 5 rings (SSSR count). The molecule has 0 aromatic carbocycles. The van der Waals surface area contributed by atoms with Gasteiger partial charge >= 0.3 is 5.97 Å². The maximum Gasteiger partial charge on any atom is 0.306 e. The van der Waals surface area contributed by atoms with Gasteiger partial charge in [0.2, 0.25) is 0 Å². The molecule has 0 amide bonds. The molecule has 5 aliphatic carbocycles. The molecule has 0 aromatic heterocycles. The number of aliphatic hydroxyl groups is 2. The van der Waals surface area contributed by atoms with Crippen LogP contribution in [0.1, 0.15) is 106 Å². The van der Waals surface area contributed by atoms with Crippen molar-refractivity contribution in [2.75, 3.05) is 6.61 Å². The Morgan fingerprint density at radius 2 is 1.56 bits per heavy atom. The predicted molar refractivity (Wildman–Crippen MR) is 134 cm³/mol. The van der Waals surface area contributed by atoms with E-state index >= 15 is 0 Å². The number of aliphatic carboxylic acids is 1. The molecule has 5 fully saturated rings. The first-order chi connectivity index (χ1) is 15.8. The predicted octanol–water partition coefficient (Wildman–Crippen LogP) is 6.14. The zero-order chi connectivity index (χ0) is 24.9. The smallest absolute Gasteiger partial charge is 0.306 e. The molecule has 5 aliphatic rings. The first kappa shape index (κ1) is 25.1. The second-order valence-corrected chi connectivity index (χ2v) is 14.9. The first-order valence-corrected chi connectivity index (χ1v) is 14.3. The molecular formula is C30H50O4. The van der Waals surface area contributed by atoms with Gasteiger partial charge in [0.05, 0.1) is 12.0 Å². The molecular weight excluding hydrogens is 424 g/mol. The second-order valence-electron chi connectivity index (χ2n) is 14.9. The fraction of sp³-hybridized carbons (Fsp3) is 0.967. The minimum atomic E-state index is -0.665. The summed E-state index contributed by atoms with van der Waals surface area (Å²) in [5, 5.41) is 31.5. The maximum absolute atomic E-state index is 12.1. The van der Waals surface area contributed by atoms with Gasteiger partial charge in [-0.3, -0.25) is 4.79 Å². The van der Waals surface area contributed by atoms with Gasteiger partial charge in [-0.25, -0.2) is 0 Å². The SMILES string of the molecule is C[C@@H](C(=O)O)[C@H]1CC[C@@]2(CO)CC[C@]3(C)[C@H](CC[C@H]4[C@@]5(C)CC[C@H](O)C(C)(C)[C@H]5CC[C@@]43C)[C@@H]12. The number of aliphatic hydroxyl groups excluding tert-OH is 2. The van der Waals surface area contributed by atoms with E-state index in [9.17, 15) is 20.1 Å². The van der Waals surface area contributed by atoms with Crippen molar-refractivity contribution < 1.29 is 20.1 Å². The monoisotopic (exact) mass is 474 g/mol. The minimum absolute atomic E-state index is 0.0296. The summed E-state index contributed by atoms with van der Waals surface area (Å²) in [5.74, 6) is 1.24. The third-order valence-corrected chi connectivity index (χ3v) is 14.0. The third kappa shape index (κ3) is 2.93. The molecule has 5 saturated carbocycles. The van der Waals surface area contributed by atoms with Crippen molar-refractivity contribution >= 4 is 5.97 Å². The van der Waals surface area contributed by atoms with Gasteiger partial charge in [0.15, 0.2) is 0 Å². The van der Waals surface area contributed by atoms with E-state index in [1.54, 1.807) is 0 Å². The average Bonchev–Trinajstić information content (AvgIpc) is 3.16. The Kier molecular flexibility index (Phi) is 5.67. The summed E-state index contributed by atoms with van der Waals surface area (Å²) >= 11 is 0. The van der Waals surface area contributed by atoms with Crippen LogP contribution in [0.2, 0.25) is 0 Å². The summed E-state index contributed by atoms with van der Waals surface area (Å²) in [5.41, 5.74) is 0.589. The summed E-state index contributed by atoms with van der Waals surface area (Å²) in [7, 11) is 0. The normalized spacial score (nSPS) is 54.8. The lowest BCUT2D eigenvalue weighted by Gasteiger charge is -2.73. The van der Waals surface area contributed by atoms with Crippen LogP contribution in [0.4, 0.5) is 0 Å². The van der Waals surface area contributed by atoms with Crippen molar-refractivity contribution in [3.8, 4) is 0 Å². The number of carboxylic acid groups (broad SMARTS) is 1. The van der Waals surface area contributed by atoms with E-state index in [-0.39, 0.29) is 51.6 Å². The lowest BCUT2D eigenvalue weighted by atomic mass is 9.32. The van der Waals surface area contributed by atoms with Crippen molar-refractivity contribution in [1.29, 1.82) is 0 Å². The highest BCUT2D eigenvalue weighted by atomic mass is 16.4. The van der Waals surface area contributed by atoms with Crippen LogP contribution in [0, 0.1) is 62.6 Å². The number of carbonyl (C=O) groups is 1. The quantitative estimate of drug-likeness (QED) is 0.459. The van der Waals surface area contributed by atoms with Crippen LogP contribution >= 0.6 is 0 Å². The largest absolute Gasteiger partial charge is 0.481 e. The lowest BCUT2D eigenvalue weighted by molar-refractivity contribution is -0.251. The minimum Gasteiger partial charge on any atom is -0.481 e. The summed E-state index contributed by atoms with van der Waals surface area (Å²) in [6, 6.07) is 0. The van der Waals surface area contributed by atoms with Crippen LogP contribution in [0.3, 0.4) is 0 Å². The van der Waals surface area contributed by atoms with Crippen molar-refractivity contribution in [3.63, 3.8) is 0 Å². The van der Waals surface area contributed by atoms with Crippen LogP contribution in [-0.2, 0) is 4.79 Å². The molecule has 4 heteroatoms. The highest BCUT2D eigenvalue weighted by Crippen LogP contribution is 2.77. The number of carboxylic acids is 1. The maximum atomic E-state index is 12.1. The average molecular weight is 475 g/mol. The van der Waals surface area contributed by atoms with E-state index in [4.69, 9.17) is 0 Å². The molecule has 0 unspecified atom stereocenters. The molecule has 4 nitrogen and oxygen atoms in total. The van der Waals surface area contributed by atoms with Crippen molar-refractivity contribution in [3.05, 3.63) is 0 Å². The van der Waals surface area contributed by atoms with Gasteiger partial charge in [0, 0.05) is 6.61 Å². The highest BCUT2D eigenvalue weighted by Gasteiger charge is 2.71. The van der Waals surface area contributed by atoms with Gasteiger partial charge in [-0.1, -0.05) is 41.5 Å². The molecule has 0 aliphatic heterocycles. The van der Waals surface area contributed by atoms with E-state index in [1.165, 1.54) is 32.1 Å². The van der Waals surface area contributed by atoms with Crippen LogP contribution in [0.15, 0.2) is 0 Å². The Hall–Kier alpha value is -0.610. The molecule has 0 bridgehead atoms. The van der Waals surface area contributed by atoms with E-state index in [0.29, 0.717) is 23.7 Å². The third-order valence-electron chi connectivity index (χ3n) is 14.0. The van der Waals surface area contributed by atoms with Gasteiger partial charge in [-0.15, -0.1) is 0 Å². The van der Waals surface area contributed by atoms with Gasteiger partial charge in [0.25, 0.3) is 0 Å². The number of rotatable bonds is 3. The summed E-state index contributed by atoms with van der Waals surface area (Å²) < 4.78 is 0. The first-order valence-electron chi connectivity index (χ1n) is 14.3. The standard InChI is InChI=1S/C30H50O4/c1-18(25(33)34)19-9-14-30(17-31)16-15-28(5)20(24(19)30)7-8-22-27(4)12-11-23(32)26(2,3)21(27)10-13-29(22,28)6/h18-24,31-32H,7-17H2,1-6H3,(H,33,34)/t18-,19-,20-,21-,22+,23+,24-,27+,28-,29+,30+/m1/s1. The zero-order valence-electron chi connectivity index (χ0n) is 22.6. The zero-order valence-corrected chi connectivity index (χ0v) is 22.6. The Bertz CT molecular complexity index is 838. The van der Waals surface area contributed by atoms with Crippen molar-refractivity contribution in [2.45, 2.75) is 112 Å². The second kappa shape index (κ2) is 7.70. The summed E-state index contributed by atoms with van der Waals surface area (Å²) in [6.07, 6.45) is 10.8. The van der Waals surface area contributed by atoms with Gasteiger partial charge in [-0.05, 0) is 121 Å². The topological polar surface area (TPSA) is 77.8 Å². The van der Waals surface area contributed by atoms with Crippen LogP contribution in [0.25, 0.3) is 0 Å². The molecule has 0 aromatic rings. The van der Waals surface area contributed by atoms with Crippen molar-refractivity contribution in [1.82, 2.24) is 0 Å². The fourth-order valence-corrected chi connectivity index (χ4v) is 11.8.